The molecule has 0 aliphatic rings. The van der Waals surface area contributed by atoms with Gasteiger partial charge < -0.3 is 0 Å². The van der Waals surface area contributed by atoms with Gasteiger partial charge in [-0.15, -0.1) is 0 Å². The second-order valence-electron chi connectivity index (χ2n) is 0.977. The lowest BCUT2D eigenvalue weighted by Crippen LogP contribution is -1.43. The Morgan fingerprint density at radius 3 is 2.00 bits per heavy atom. The first kappa shape index (κ1) is 9.20. The Morgan fingerprint density at radius 1 is 1.50 bits per heavy atom. The van der Waals surface area contributed by atoms with E-state index < -0.39 is 0 Å². The van der Waals surface area contributed by atoms with Crippen LogP contribution in [-0.4, -0.2) is 0 Å². The van der Waals surface area contributed by atoms with Crippen molar-refractivity contribution in [1.29, 1.82) is 0 Å². The molecule has 2 radical (unpaired) electrons. The largest absolute Gasteiger partial charge is 0.0917 e. The first-order valence-electron chi connectivity index (χ1n) is 2.03. The third-order valence-corrected chi connectivity index (χ3v) is 0.471. The third kappa shape index (κ3) is 9.33. The molecule has 0 aromatic rings. The topological polar surface area (TPSA) is 28.5 Å². The summed E-state index contributed by atoms with van der Waals surface area (Å²) in [5, 5.41) is 0. The fourth-order valence-corrected chi connectivity index (χ4v) is 0.236. The van der Waals surface area contributed by atoms with E-state index in [0.29, 0.717) is 0 Å². The third-order valence-electron chi connectivity index (χ3n) is 0.471. The quantitative estimate of drug-likeness (QED) is 0.436. The van der Waals surface area contributed by atoms with Gasteiger partial charge in [0.05, 0.1) is 0 Å². The summed E-state index contributed by atoms with van der Waals surface area (Å²) in [5.41, 5.74) is 0. The standard InChI is InChI=1S/C5H10.O/c1-3-5-4-2;/h3,5H,4H2,1-2H3;. The molecular formula is C5H10O. The van der Waals surface area contributed by atoms with E-state index in [2.05, 4.69) is 19.1 Å². The van der Waals surface area contributed by atoms with Crippen LogP contribution in [0.15, 0.2) is 12.2 Å². The maximum atomic E-state index is 2.12. The van der Waals surface area contributed by atoms with E-state index in [1.165, 1.54) is 0 Å². The van der Waals surface area contributed by atoms with Crippen LogP contribution in [0.5, 0.6) is 0 Å². The molecule has 0 bridgehead atoms. The predicted octanol–water partition coefficient (Wildman–Crippen LogP) is 1.85. The van der Waals surface area contributed by atoms with E-state index in [1.54, 1.807) is 0 Å². The zero-order chi connectivity index (χ0) is 4.12. The minimum absolute atomic E-state index is 0. The minimum atomic E-state index is 0. The molecule has 0 rings (SSSR count). The molecule has 0 saturated carbocycles. The van der Waals surface area contributed by atoms with Gasteiger partial charge in [0.15, 0.2) is 0 Å². The zero-order valence-corrected chi connectivity index (χ0v) is 4.27. The van der Waals surface area contributed by atoms with Crippen LogP contribution < -0.4 is 0 Å². The van der Waals surface area contributed by atoms with Crippen molar-refractivity contribution in [3.8, 4) is 0 Å². The lowest BCUT2D eigenvalue weighted by atomic mass is 10.4. The number of rotatable bonds is 1. The first-order valence-corrected chi connectivity index (χ1v) is 2.03. The fourth-order valence-electron chi connectivity index (χ4n) is 0.236. The van der Waals surface area contributed by atoms with Crippen molar-refractivity contribution in [1.82, 2.24) is 0 Å². The normalized spacial score (nSPS) is 8.33. The van der Waals surface area contributed by atoms with Gasteiger partial charge in [-0.05, 0) is 13.3 Å². The van der Waals surface area contributed by atoms with E-state index >= 15 is 0 Å². The van der Waals surface area contributed by atoms with Gasteiger partial charge in [-0.3, -0.25) is 0 Å². The highest BCUT2D eigenvalue weighted by atomic mass is 16.0. The van der Waals surface area contributed by atoms with Gasteiger partial charge in [0.2, 0.25) is 0 Å². The summed E-state index contributed by atoms with van der Waals surface area (Å²) in [6.45, 7) is 4.16. The molecule has 0 aromatic carbocycles. The van der Waals surface area contributed by atoms with Gasteiger partial charge >= 0.3 is 0 Å². The molecule has 0 aromatic heterocycles. The predicted molar refractivity (Wildman–Crippen MR) is 25.8 cm³/mol. The molecule has 6 heavy (non-hydrogen) atoms. The molecule has 0 unspecified atom stereocenters. The molecule has 0 aliphatic carbocycles. The van der Waals surface area contributed by atoms with Gasteiger partial charge in [0.1, 0.15) is 0 Å². The van der Waals surface area contributed by atoms with Gasteiger partial charge in [-0.2, -0.15) is 0 Å². The van der Waals surface area contributed by atoms with Crippen LogP contribution >= 0.6 is 0 Å². The Morgan fingerprint density at radius 2 is 2.00 bits per heavy atom. The fraction of sp³-hybridized carbons (Fsp3) is 0.600. The maximum absolute atomic E-state index is 2.12. The van der Waals surface area contributed by atoms with Crippen molar-refractivity contribution in [3.05, 3.63) is 12.2 Å². The van der Waals surface area contributed by atoms with Crippen LogP contribution in [0.4, 0.5) is 0 Å². The molecule has 0 N–H and O–H groups in total. The molecule has 0 heterocycles. The van der Waals surface area contributed by atoms with Crippen LogP contribution in [0.3, 0.4) is 0 Å². The Balaban J connectivity index is 0. The lowest BCUT2D eigenvalue weighted by molar-refractivity contribution is 0.686. The van der Waals surface area contributed by atoms with E-state index in [4.69, 9.17) is 0 Å². The van der Waals surface area contributed by atoms with Crippen LogP contribution in [0.1, 0.15) is 20.3 Å². The van der Waals surface area contributed by atoms with Crippen molar-refractivity contribution < 1.29 is 5.48 Å². The number of allylic oxidation sites excluding steroid dienone is 2. The first-order chi connectivity index (χ1) is 2.41. The van der Waals surface area contributed by atoms with E-state index in [9.17, 15) is 0 Å². The highest BCUT2D eigenvalue weighted by Crippen LogP contribution is 1.73. The molecule has 0 spiro atoms. The van der Waals surface area contributed by atoms with Crippen LogP contribution in [-0.2, 0) is 5.48 Å². The SMILES string of the molecule is CC=CCC.[O]. The van der Waals surface area contributed by atoms with Gasteiger partial charge in [-0.1, -0.05) is 19.1 Å². The molecular weight excluding hydrogens is 76.1 g/mol. The minimum Gasteiger partial charge on any atom is -0.0917 e. The number of hydrogen-bond donors (Lipinski definition) is 0. The second-order valence-corrected chi connectivity index (χ2v) is 0.977. The van der Waals surface area contributed by atoms with Crippen molar-refractivity contribution in [2.24, 2.45) is 0 Å². The summed E-state index contributed by atoms with van der Waals surface area (Å²) in [7, 11) is 0. The maximum Gasteiger partial charge on any atom is 0 e. The number of hydrogen-bond acceptors (Lipinski definition) is 0. The lowest BCUT2D eigenvalue weighted by Gasteiger charge is -1.65. The van der Waals surface area contributed by atoms with Gasteiger partial charge in [0.25, 0.3) is 0 Å². The molecule has 0 atom stereocenters. The van der Waals surface area contributed by atoms with Crippen LogP contribution in [0.25, 0.3) is 0 Å². The van der Waals surface area contributed by atoms with Crippen molar-refractivity contribution in [2.75, 3.05) is 0 Å². The average molecular weight is 86.1 g/mol. The van der Waals surface area contributed by atoms with Gasteiger partial charge in [0, 0.05) is 5.48 Å². The van der Waals surface area contributed by atoms with Crippen LogP contribution in [0, 0.1) is 0 Å². The Labute approximate surface area is 39.0 Å². The van der Waals surface area contributed by atoms with Crippen molar-refractivity contribution >= 4 is 0 Å². The molecule has 1 heteroatoms. The average Bonchev–Trinajstić information content (AvgIpc) is 1.41. The van der Waals surface area contributed by atoms with Crippen molar-refractivity contribution in [3.63, 3.8) is 0 Å². The van der Waals surface area contributed by atoms with Crippen molar-refractivity contribution in [2.45, 2.75) is 20.3 Å². The summed E-state index contributed by atoms with van der Waals surface area (Å²) in [4.78, 5) is 0. The summed E-state index contributed by atoms with van der Waals surface area (Å²) in [5.74, 6) is 0. The molecule has 0 saturated heterocycles. The smallest absolute Gasteiger partial charge is 0 e. The summed E-state index contributed by atoms with van der Waals surface area (Å²) < 4.78 is 0. The monoisotopic (exact) mass is 86.1 g/mol. The summed E-state index contributed by atoms with van der Waals surface area (Å²) in [6.07, 6.45) is 5.34. The summed E-state index contributed by atoms with van der Waals surface area (Å²) >= 11 is 0. The van der Waals surface area contributed by atoms with Crippen LogP contribution in [0.2, 0.25) is 0 Å². The molecule has 0 aliphatic heterocycles. The molecule has 1 nitrogen and oxygen atoms in total. The van der Waals surface area contributed by atoms with E-state index in [0.717, 1.165) is 6.42 Å². The summed E-state index contributed by atoms with van der Waals surface area (Å²) in [6, 6.07) is 0. The second kappa shape index (κ2) is 8.83. The highest BCUT2D eigenvalue weighted by molar-refractivity contribution is 4.73. The molecule has 0 amide bonds. The Hall–Kier alpha value is -0.300. The Kier molecular flexibility index (Phi) is 13.5. The van der Waals surface area contributed by atoms with E-state index in [1.807, 2.05) is 6.92 Å². The molecule has 36 valence electrons. The molecule has 0 fully saturated rings. The van der Waals surface area contributed by atoms with Gasteiger partial charge in [-0.25, -0.2) is 0 Å². The Bertz CT molecular complexity index is 30.9. The van der Waals surface area contributed by atoms with E-state index in [-0.39, 0.29) is 5.48 Å². The highest BCUT2D eigenvalue weighted by Gasteiger charge is 1.52. The zero-order valence-electron chi connectivity index (χ0n) is 4.27.